The first kappa shape index (κ1) is 14.8. The van der Waals surface area contributed by atoms with Gasteiger partial charge in [-0.3, -0.25) is 0 Å². The van der Waals surface area contributed by atoms with Gasteiger partial charge < -0.3 is 10.1 Å². The van der Waals surface area contributed by atoms with E-state index in [4.69, 9.17) is 16.3 Å². The first-order valence-electron chi connectivity index (χ1n) is 5.85. The van der Waals surface area contributed by atoms with Crippen molar-refractivity contribution in [1.82, 2.24) is 10.3 Å². The summed E-state index contributed by atoms with van der Waals surface area (Å²) >= 11 is 9.35. The summed E-state index contributed by atoms with van der Waals surface area (Å²) in [6.45, 7) is 2.34. The third-order valence-corrected chi connectivity index (χ3v) is 4.65. The molecule has 0 spiro atoms. The standard InChI is InChI=1S/C13H15ClN2OS2/c1-17-6-4-15-9-10-2-3-11(14)8-12(10)19-13-16-5-7-18-13/h2-3,5,7-8,15H,4,6,9H2,1H3. The number of nitrogens with zero attached hydrogens (tertiary/aromatic N) is 1. The van der Waals surface area contributed by atoms with E-state index in [9.17, 15) is 0 Å². The second-order valence-electron chi connectivity index (χ2n) is 3.82. The lowest BCUT2D eigenvalue weighted by molar-refractivity contribution is 0.199. The van der Waals surface area contributed by atoms with E-state index in [1.54, 1.807) is 30.2 Å². The second kappa shape index (κ2) is 7.87. The molecule has 1 aromatic heterocycles. The Kier molecular flexibility index (Phi) is 6.13. The van der Waals surface area contributed by atoms with Gasteiger partial charge in [0, 0.05) is 41.7 Å². The van der Waals surface area contributed by atoms with E-state index in [1.165, 1.54) is 5.56 Å². The Hall–Kier alpha value is -0.590. The van der Waals surface area contributed by atoms with Crippen LogP contribution >= 0.6 is 34.7 Å². The van der Waals surface area contributed by atoms with E-state index < -0.39 is 0 Å². The fourth-order valence-corrected chi connectivity index (χ4v) is 3.51. The number of benzene rings is 1. The van der Waals surface area contributed by atoms with Gasteiger partial charge in [-0.25, -0.2) is 4.98 Å². The molecule has 102 valence electrons. The Morgan fingerprint density at radius 2 is 2.37 bits per heavy atom. The van der Waals surface area contributed by atoms with Crippen LogP contribution in [0.4, 0.5) is 0 Å². The van der Waals surface area contributed by atoms with Gasteiger partial charge in [-0.1, -0.05) is 29.4 Å². The topological polar surface area (TPSA) is 34.1 Å². The maximum atomic E-state index is 6.07. The van der Waals surface area contributed by atoms with Crippen LogP contribution < -0.4 is 5.32 Å². The molecule has 0 bridgehead atoms. The molecule has 0 unspecified atom stereocenters. The predicted molar refractivity (Wildman–Crippen MR) is 81.3 cm³/mol. The summed E-state index contributed by atoms with van der Waals surface area (Å²) in [7, 11) is 1.70. The van der Waals surface area contributed by atoms with Gasteiger partial charge in [-0.15, -0.1) is 11.3 Å². The quantitative estimate of drug-likeness (QED) is 0.790. The Bertz CT molecular complexity index is 505. The zero-order chi connectivity index (χ0) is 13.5. The van der Waals surface area contributed by atoms with Crippen LogP contribution in [0.5, 0.6) is 0 Å². The average Bonchev–Trinajstić information content (AvgIpc) is 2.90. The minimum absolute atomic E-state index is 0.711. The van der Waals surface area contributed by atoms with Gasteiger partial charge in [-0.2, -0.15) is 0 Å². The van der Waals surface area contributed by atoms with Crippen LogP contribution in [0.2, 0.25) is 5.02 Å². The Labute approximate surface area is 126 Å². The Morgan fingerprint density at radius 3 is 3.11 bits per heavy atom. The molecule has 0 aliphatic heterocycles. The molecule has 0 fully saturated rings. The van der Waals surface area contributed by atoms with Gasteiger partial charge in [-0.05, 0) is 17.7 Å². The first-order chi connectivity index (χ1) is 9.29. The van der Waals surface area contributed by atoms with Crippen molar-refractivity contribution in [3.63, 3.8) is 0 Å². The molecule has 2 rings (SSSR count). The van der Waals surface area contributed by atoms with Crippen molar-refractivity contribution in [2.45, 2.75) is 15.8 Å². The SMILES string of the molecule is COCCNCc1ccc(Cl)cc1Sc1nccs1. The molecular formula is C13H15ClN2OS2. The molecule has 1 heterocycles. The largest absolute Gasteiger partial charge is 0.383 e. The molecule has 1 aromatic carbocycles. The van der Waals surface area contributed by atoms with Crippen molar-refractivity contribution in [1.29, 1.82) is 0 Å². The molecule has 1 N–H and O–H groups in total. The van der Waals surface area contributed by atoms with Gasteiger partial charge in [0.15, 0.2) is 4.34 Å². The number of hydrogen-bond donors (Lipinski definition) is 1. The molecular weight excluding hydrogens is 300 g/mol. The molecule has 0 saturated carbocycles. The molecule has 6 heteroatoms. The molecule has 0 saturated heterocycles. The maximum Gasteiger partial charge on any atom is 0.154 e. The normalized spacial score (nSPS) is 10.8. The first-order valence-corrected chi connectivity index (χ1v) is 7.92. The molecule has 3 nitrogen and oxygen atoms in total. The number of aromatic nitrogens is 1. The molecule has 0 amide bonds. The lowest BCUT2D eigenvalue weighted by atomic mass is 10.2. The van der Waals surface area contributed by atoms with E-state index in [0.29, 0.717) is 6.61 Å². The van der Waals surface area contributed by atoms with Crippen LogP contribution in [0.15, 0.2) is 39.0 Å². The third kappa shape index (κ3) is 4.78. The molecule has 0 radical (unpaired) electrons. The van der Waals surface area contributed by atoms with Crippen LogP contribution in [0.3, 0.4) is 0 Å². The number of methoxy groups -OCH3 is 1. The predicted octanol–water partition coefficient (Wildman–Crippen LogP) is 3.68. The van der Waals surface area contributed by atoms with Crippen LogP contribution in [0, 0.1) is 0 Å². The minimum atomic E-state index is 0.711. The number of nitrogens with one attached hydrogen (secondary N) is 1. The van der Waals surface area contributed by atoms with Crippen molar-refractivity contribution in [3.05, 3.63) is 40.4 Å². The van der Waals surface area contributed by atoms with Gasteiger partial charge in [0.25, 0.3) is 0 Å². The number of thiazole rings is 1. The van der Waals surface area contributed by atoms with Crippen LogP contribution in [-0.4, -0.2) is 25.2 Å². The van der Waals surface area contributed by atoms with Crippen molar-refractivity contribution in [2.24, 2.45) is 0 Å². The zero-order valence-corrected chi connectivity index (χ0v) is 12.9. The van der Waals surface area contributed by atoms with E-state index in [-0.39, 0.29) is 0 Å². The molecule has 0 atom stereocenters. The fraction of sp³-hybridized carbons (Fsp3) is 0.308. The van der Waals surface area contributed by atoms with E-state index in [0.717, 1.165) is 27.3 Å². The number of ether oxygens (including phenoxy) is 1. The third-order valence-electron chi connectivity index (χ3n) is 2.43. The van der Waals surface area contributed by atoms with Crippen LogP contribution in [0.25, 0.3) is 0 Å². The fourth-order valence-electron chi connectivity index (χ4n) is 1.52. The highest BCUT2D eigenvalue weighted by Crippen LogP contribution is 2.33. The summed E-state index contributed by atoms with van der Waals surface area (Å²) in [6.07, 6.45) is 1.81. The van der Waals surface area contributed by atoms with E-state index in [2.05, 4.69) is 16.4 Å². The molecule has 0 aliphatic rings. The van der Waals surface area contributed by atoms with Gasteiger partial charge in [0.2, 0.25) is 0 Å². The van der Waals surface area contributed by atoms with Gasteiger partial charge in [0.05, 0.1) is 6.61 Å². The highest BCUT2D eigenvalue weighted by molar-refractivity contribution is 8.01. The summed E-state index contributed by atoms with van der Waals surface area (Å²) in [5.74, 6) is 0. The number of halogens is 1. The van der Waals surface area contributed by atoms with Gasteiger partial charge >= 0.3 is 0 Å². The Balaban J connectivity index is 2.04. The molecule has 2 aromatic rings. The molecule has 19 heavy (non-hydrogen) atoms. The smallest absolute Gasteiger partial charge is 0.154 e. The summed E-state index contributed by atoms with van der Waals surface area (Å²) < 4.78 is 6.05. The zero-order valence-electron chi connectivity index (χ0n) is 10.6. The second-order valence-corrected chi connectivity index (χ2v) is 6.44. The van der Waals surface area contributed by atoms with E-state index in [1.807, 2.05) is 23.7 Å². The Morgan fingerprint density at radius 1 is 1.47 bits per heavy atom. The van der Waals surface area contributed by atoms with E-state index >= 15 is 0 Å². The number of hydrogen-bond acceptors (Lipinski definition) is 5. The summed E-state index contributed by atoms with van der Waals surface area (Å²) in [6, 6.07) is 5.96. The van der Waals surface area contributed by atoms with Crippen molar-refractivity contribution >= 4 is 34.7 Å². The van der Waals surface area contributed by atoms with Crippen molar-refractivity contribution in [2.75, 3.05) is 20.3 Å². The summed E-state index contributed by atoms with van der Waals surface area (Å²) in [5.41, 5.74) is 1.22. The number of rotatable bonds is 7. The molecule has 0 aliphatic carbocycles. The highest BCUT2D eigenvalue weighted by atomic mass is 35.5. The maximum absolute atomic E-state index is 6.07. The van der Waals surface area contributed by atoms with Crippen molar-refractivity contribution < 1.29 is 4.74 Å². The lowest BCUT2D eigenvalue weighted by Crippen LogP contribution is -2.18. The summed E-state index contributed by atoms with van der Waals surface area (Å²) in [5, 5.41) is 6.07. The lowest BCUT2D eigenvalue weighted by Gasteiger charge is -2.09. The van der Waals surface area contributed by atoms with Crippen LogP contribution in [-0.2, 0) is 11.3 Å². The van der Waals surface area contributed by atoms with Crippen molar-refractivity contribution in [3.8, 4) is 0 Å². The summed E-state index contributed by atoms with van der Waals surface area (Å²) in [4.78, 5) is 5.44. The monoisotopic (exact) mass is 314 g/mol. The van der Waals surface area contributed by atoms with Crippen LogP contribution in [0.1, 0.15) is 5.56 Å². The highest BCUT2D eigenvalue weighted by Gasteiger charge is 2.07. The minimum Gasteiger partial charge on any atom is -0.383 e. The average molecular weight is 315 g/mol. The van der Waals surface area contributed by atoms with Gasteiger partial charge in [0.1, 0.15) is 0 Å².